The van der Waals surface area contributed by atoms with Gasteiger partial charge < -0.3 is 30.1 Å². The zero-order valence-corrected chi connectivity index (χ0v) is 21.8. The number of rotatable bonds is 9. The van der Waals surface area contributed by atoms with Crippen molar-refractivity contribution in [3.05, 3.63) is 59.1 Å². The molecule has 2 amide bonds. The maximum Gasteiger partial charge on any atom is 0.319 e. The lowest BCUT2D eigenvalue weighted by Crippen LogP contribution is -2.33. The molecule has 3 aromatic rings. The van der Waals surface area contributed by atoms with Gasteiger partial charge in [-0.1, -0.05) is 0 Å². The molecule has 2 heterocycles. The monoisotopic (exact) mass is 515 g/mol. The molecule has 9 heteroatoms. The van der Waals surface area contributed by atoms with E-state index >= 15 is 0 Å². The Balaban J connectivity index is 1.32. The molecule has 5 rings (SSSR count). The summed E-state index contributed by atoms with van der Waals surface area (Å²) in [5.41, 5.74) is 3.51. The Morgan fingerprint density at radius 3 is 2.68 bits per heavy atom. The third-order valence-electron chi connectivity index (χ3n) is 7.12. The molecule has 2 aliphatic rings. The summed E-state index contributed by atoms with van der Waals surface area (Å²) >= 11 is 0. The Morgan fingerprint density at radius 2 is 1.95 bits per heavy atom. The molecule has 198 valence electrons. The Morgan fingerprint density at radius 1 is 1.16 bits per heavy atom. The fraction of sp³-hybridized carbons (Fsp3) is 0.414. The van der Waals surface area contributed by atoms with E-state index in [9.17, 15) is 9.90 Å². The van der Waals surface area contributed by atoms with Crippen LogP contribution in [0.1, 0.15) is 36.8 Å². The number of nitrogens with one attached hydrogen (secondary N) is 2. The standard InChI is InChI=1S/C29H33N5O4/c1-18-19(2)26(9-8-23(18)33-29(36)32-20-6-7-20)38-27-10-11-31-24-15-28(25(30-3)14-22(24)27)37-17-21(35)16-34-12-4-5-13-34/h8-11,14-15,20-21,35H,4-7,12-13,16-17H2,1-2H3,(H2,32,33,36)/t21-/m1/s1. The van der Waals surface area contributed by atoms with Gasteiger partial charge in [-0.2, -0.15) is 0 Å². The molecule has 1 atom stereocenters. The van der Waals surface area contributed by atoms with Crippen LogP contribution >= 0.6 is 0 Å². The molecule has 1 saturated carbocycles. The molecule has 1 aromatic heterocycles. The van der Waals surface area contributed by atoms with Gasteiger partial charge in [0.25, 0.3) is 0 Å². The molecule has 1 saturated heterocycles. The Kier molecular flexibility index (Phi) is 7.63. The highest BCUT2D eigenvalue weighted by Gasteiger charge is 2.23. The maximum atomic E-state index is 12.2. The largest absolute Gasteiger partial charge is 0.502 e. The van der Waals surface area contributed by atoms with Crippen LogP contribution in [0, 0.1) is 20.4 Å². The molecule has 0 spiro atoms. The van der Waals surface area contributed by atoms with Gasteiger partial charge in [-0.25, -0.2) is 9.64 Å². The first-order chi connectivity index (χ1) is 18.4. The average molecular weight is 516 g/mol. The number of fused-ring (bicyclic) bond motifs is 1. The van der Waals surface area contributed by atoms with Crippen LogP contribution in [0.2, 0.25) is 0 Å². The van der Waals surface area contributed by atoms with Gasteiger partial charge in [0.05, 0.1) is 12.1 Å². The normalized spacial score (nSPS) is 16.2. The second-order valence-electron chi connectivity index (χ2n) is 10.1. The van der Waals surface area contributed by atoms with E-state index in [-0.39, 0.29) is 18.7 Å². The van der Waals surface area contributed by atoms with E-state index in [4.69, 9.17) is 16.0 Å². The number of carbonyl (C=O) groups is 1. The highest BCUT2D eigenvalue weighted by atomic mass is 16.5. The summed E-state index contributed by atoms with van der Waals surface area (Å²) in [7, 11) is 0. The van der Waals surface area contributed by atoms with Crippen LogP contribution in [-0.2, 0) is 0 Å². The van der Waals surface area contributed by atoms with E-state index in [1.54, 1.807) is 24.4 Å². The lowest BCUT2D eigenvalue weighted by Gasteiger charge is -2.20. The van der Waals surface area contributed by atoms with Crippen LogP contribution in [0.5, 0.6) is 17.2 Å². The van der Waals surface area contributed by atoms with Crippen molar-refractivity contribution in [1.29, 1.82) is 0 Å². The number of nitrogens with zero attached hydrogens (tertiary/aromatic N) is 3. The number of amides is 2. The number of β-amino-alcohol motifs (C(OH)–C–C–N with tert-alkyl or cyclic N) is 1. The first-order valence-electron chi connectivity index (χ1n) is 13.1. The minimum absolute atomic E-state index is 0.109. The van der Waals surface area contributed by atoms with Crippen molar-refractivity contribution in [3.63, 3.8) is 0 Å². The fourth-order valence-corrected chi connectivity index (χ4v) is 4.66. The lowest BCUT2D eigenvalue weighted by atomic mass is 10.1. The third kappa shape index (κ3) is 5.98. The molecule has 1 aliphatic heterocycles. The first kappa shape index (κ1) is 25.8. The minimum atomic E-state index is -0.631. The molecule has 38 heavy (non-hydrogen) atoms. The van der Waals surface area contributed by atoms with Crippen LogP contribution in [0.15, 0.2) is 36.5 Å². The molecular formula is C29H33N5O4. The van der Waals surface area contributed by atoms with Crippen molar-refractivity contribution < 1.29 is 19.4 Å². The SMILES string of the molecule is [C-]#[N+]c1cc2c(Oc3ccc(NC(=O)NC4CC4)c(C)c3C)ccnc2cc1OC[C@H](O)CN1CCCC1. The Hall–Kier alpha value is -3.87. The van der Waals surface area contributed by atoms with E-state index in [2.05, 4.69) is 25.4 Å². The zero-order valence-electron chi connectivity index (χ0n) is 21.8. The van der Waals surface area contributed by atoms with Crippen LogP contribution < -0.4 is 20.1 Å². The number of aromatic nitrogens is 1. The highest BCUT2D eigenvalue weighted by molar-refractivity contribution is 5.92. The van der Waals surface area contributed by atoms with Crippen molar-refractivity contribution in [2.75, 3.05) is 31.6 Å². The smallest absolute Gasteiger partial charge is 0.319 e. The van der Waals surface area contributed by atoms with Gasteiger partial charge in [0.15, 0.2) is 0 Å². The molecule has 9 nitrogen and oxygen atoms in total. The maximum absolute atomic E-state index is 12.2. The number of benzene rings is 2. The van der Waals surface area contributed by atoms with Gasteiger partial charge >= 0.3 is 6.03 Å². The van der Waals surface area contributed by atoms with Gasteiger partial charge in [-0.05, 0) is 94.1 Å². The lowest BCUT2D eigenvalue weighted by molar-refractivity contribution is 0.0762. The summed E-state index contributed by atoms with van der Waals surface area (Å²) in [6, 6.07) is 8.95. The van der Waals surface area contributed by atoms with Crippen LogP contribution in [0.4, 0.5) is 16.2 Å². The predicted octanol–water partition coefficient (Wildman–Crippen LogP) is 5.31. The number of hydrogen-bond donors (Lipinski definition) is 3. The zero-order chi connectivity index (χ0) is 26.6. The summed E-state index contributed by atoms with van der Waals surface area (Å²) < 4.78 is 12.2. The van der Waals surface area contributed by atoms with Crippen molar-refractivity contribution in [3.8, 4) is 17.2 Å². The number of aliphatic hydroxyl groups is 1. The number of likely N-dealkylation sites (tertiary alicyclic amines) is 1. The molecular weight excluding hydrogens is 482 g/mol. The number of hydrogen-bond acceptors (Lipinski definition) is 6. The Bertz CT molecular complexity index is 1380. The van der Waals surface area contributed by atoms with Gasteiger partial charge in [-0.15, -0.1) is 0 Å². The summed E-state index contributed by atoms with van der Waals surface area (Å²) in [4.78, 5) is 22.5. The number of urea groups is 1. The molecule has 2 fully saturated rings. The van der Waals surface area contributed by atoms with E-state index in [1.165, 1.54) is 0 Å². The first-order valence-corrected chi connectivity index (χ1v) is 13.1. The van der Waals surface area contributed by atoms with Gasteiger partial charge in [-0.3, -0.25) is 4.98 Å². The third-order valence-corrected chi connectivity index (χ3v) is 7.12. The van der Waals surface area contributed by atoms with Crippen molar-refractivity contribution in [1.82, 2.24) is 15.2 Å². The van der Waals surface area contributed by atoms with Crippen molar-refractivity contribution in [2.45, 2.75) is 51.7 Å². The predicted molar refractivity (Wildman–Crippen MR) is 146 cm³/mol. The summed E-state index contributed by atoms with van der Waals surface area (Å²) in [6.45, 7) is 14.2. The van der Waals surface area contributed by atoms with Crippen LogP contribution in [0.25, 0.3) is 15.7 Å². The topological polar surface area (TPSA) is 100 Å². The fourth-order valence-electron chi connectivity index (χ4n) is 4.66. The second-order valence-corrected chi connectivity index (χ2v) is 10.1. The molecule has 3 N–H and O–H groups in total. The van der Waals surface area contributed by atoms with E-state index in [1.807, 2.05) is 26.0 Å². The van der Waals surface area contributed by atoms with Gasteiger partial charge in [0.2, 0.25) is 5.69 Å². The number of carbonyl (C=O) groups excluding carboxylic acids is 1. The Labute approximate surface area is 222 Å². The molecule has 0 bridgehead atoms. The number of aliphatic hydroxyl groups excluding tert-OH is 1. The minimum Gasteiger partial charge on any atom is -0.502 e. The number of ether oxygens (including phenoxy) is 2. The summed E-state index contributed by atoms with van der Waals surface area (Å²) in [6.07, 6.45) is 5.40. The molecule has 1 aliphatic carbocycles. The van der Waals surface area contributed by atoms with E-state index < -0.39 is 6.10 Å². The van der Waals surface area contributed by atoms with Crippen molar-refractivity contribution in [2.24, 2.45) is 0 Å². The molecule has 2 aromatic carbocycles. The van der Waals surface area contributed by atoms with Gasteiger partial charge in [0.1, 0.15) is 30.0 Å². The average Bonchev–Trinajstić information content (AvgIpc) is 3.57. The van der Waals surface area contributed by atoms with E-state index in [0.717, 1.165) is 55.6 Å². The summed E-state index contributed by atoms with van der Waals surface area (Å²) in [5.74, 6) is 1.61. The number of anilines is 1. The highest BCUT2D eigenvalue weighted by Crippen LogP contribution is 2.39. The van der Waals surface area contributed by atoms with Crippen LogP contribution in [0.3, 0.4) is 0 Å². The van der Waals surface area contributed by atoms with Crippen LogP contribution in [-0.4, -0.2) is 59.4 Å². The second kappa shape index (κ2) is 11.3. The van der Waals surface area contributed by atoms with Crippen molar-refractivity contribution >= 4 is 28.3 Å². The molecule has 0 radical (unpaired) electrons. The number of pyridine rings is 1. The van der Waals surface area contributed by atoms with E-state index in [0.29, 0.717) is 40.4 Å². The summed E-state index contributed by atoms with van der Waals surface area (Å²) in [5, 5.41) is 16.9. The van der Waals surface area contributed by atoms with Gasteiger partial charge in [0, 0.05) is 29.9 Å². The quantitative estimate of drug-likeness (QED) is 0.334. The molecule has 0 unspecified atom stereocenters.